The average Bonchev–Trinajstić information content (AvgIpc) is 2.57. The molecule has 0 aliphatic carbocycles. The summed E-state index contributed by atoms with van der Waals surface area (Å²) in [6.45, 7) is -0.0420. The number of alkyl halides is 2. The number of benzene rings is 1. The molecule has 1 aromatic carbocycles. The molecule has 1 aliphatic rings. The van der Waals surface area contributed by atoms with Crippen LogP contribution in [0.25, 0.3) is 0 Å². The van der Waals surface area contributed by atoms with Crippen LogP contribution < -0.4 is 5.32 Å². The predicted molar refractivity (Wildman–Crippen MR) is 64.4 cm³/mol. The van der Waals surface area contributed by atoms with Gasteiger partial charge in [-0.3, -0.25) is 0 Å². The van der Waals surface area contributed by atoms with E-state index in [-0.39, 0.29) is 16.6 Å². The van der Waals surface area contributed by atoms with E-state index in [0.29, 0.717) is 5.69 Å². The molecule has 1 heterocycles. The van der Waals surface area contributed by atoms with Crippen LogP contribution >= 0.6 is 23.2 Å². The number of hydrogen-bond acceptors (Lipinski definition) is 3. The zero-order valence-corrected chi connectivity index (χ0v) is 10.9. The lowest BCUT2D eigenvalue weighted by molar-refractivity contribution is -0.158. The van der Waals surface area contributed by atoms with Crippen LogP contribution in [-0.2, 0) is 9.53 Å². The molecule has 104 valence electrons. The first kappa shape index (κ1) is 14.3. The second kappa shape index (κ2) is 5.09. The van der Waals surface area contributed by atoms with Crippen molar-refractivity contribution in [3.05, 3.63) is 28.0 Å². The SMILES string of the molecule is O=C1OC(CNc2cc(Cl)c(F)c(Cl)c2)CC1(F)F. The van der Waals surface area contributed by atoms with E-state index in [4.69, 9.17) is 23.2 Å². The Morgan fingerprint density at radius 3 is 2.42 bits per heavy atom. The standard InChI is InChI=1S/C11H8Cl2F3NO2/c12-7-1-5(2-8(13)9(7)14)17-4-6-3-11(15,16)10(18)19-6/h1-2,6,17H,3-4H2. The summed E-state index contributed by atoms with van der Waals surface area (Å²) in [6, 6.07) is 2.52. The Labute approximate surface area is 116 Å². The van der Waals surface area contributed by atoms with Crippen molar-refractivity contribution in [3.8, 4) is 0 Å². The lowest BCUT2D eigenvalue weighted by atomic mass is 10.2. The molecule has 8 heteroatoms. The fourth-order valence-corrected chi connectivity index (χ4v) is 2.14. The Kier molecular flexibility index (Phi) is 3.82. The van der Waals surface area contributed by atoms with Crippen LogP contribution in [0, 0.1) is 5.82 Å². The summed E-state index contributed by atoms with van der Waals surface area (Å²) in [5, 5.41) is 2.33. The van der Waals surface area contributed by atoms with Crippen molar-refractivity contribution in [2.24, 2.45) is 0 Å². The third-order valence-electron chi connectivity index (χ3n) is 2.57. The van der Waals surface area contributed by atoms with E-state index in [1.165, 1.54) is 12.1 Å². The first-order chi connectivity index (χ1) is 8.79. The highest BCUT2D eigenvalue weighted by atomic mass is 35.5. The van der Waals surface area contributed by atoms with Crippen molar-refractivity contribution in [3.63, 3.8) is 0 Å². The number of carbonyl (C=O) groups excluding carboxylic acids is 1. The maximum atomic E-state index is 13.1. The van der Waals surface area contributed by atoms with Crippen molar-refractivity contribution in [1.82, 2.24) is 0 Å². The summed E-state index contributed by atoms with van der Waals surface area (Å²) in [5.74, 6) is -5.74. The first-order valence-electron chi connectivity index (χ1n) is 5.27. The molecule has 1 unspecified atom stereocenters. The Morgan fingerprint density at radius 1 is 1.37 bits per heavy atom. The Morgan fingerprint density at radius 2 is 1.95 bits per heavy atom. The number of nitrogens with one attached hydrogen (secondary N) is 1. The van der Waals surface area contributed by atoms with E-state index in [2.05, 4.69) is 10.1 Å². The molecule has 1 aromatic rings. The Balaban J connectivity index is 1.99. The van der Waals surface area contributed by atoms with Gasteiger partial charge < -0.3 is 10.1 Å². The van der Waals surface area contributed by atoms with E-state index in [9.17, 15) is 18.0 Å². The van der Waals surface area contributed by atoms with Gasteiger partial charge in [-0.2, -0.15) is 8.78 Å². The third kappa shape index (κ3) is 3.06. The minimum absolute atomic E-state index is 0.0420. The van der Waals surface area contributed by atoms with Gasteiger partial charge in [0.25, 0.3) is 0 Å². The molecule has 1 N–H and O–H groups in total. The topological polar surface area (TPSA) is 38.3 Å². The largest absolute Gasteiger partial charge is 0.456 e. The minimum Gasteiger partial charge on any atom is -0.456 e. The van der Waals surface area contributed by atoms with Crippen LogP contribution in [0.15, 0.2) is 12.1 Å². The minimum atomic E-state index is -3.45. The van der Waals surface area contributed by atoms with Crippen LogP contribution in [0.2, 0.25) is 10.0 Å². The third-order valence-corrected chi connectivity index (χ3v) is 3.12. The molecule has 3 nitrogen and oxygen atoms in total. The highest BCUT2D eigenvalue weighted by Gasteiger charge is 2.50. The Hall–Kier alpha value is -1.14. The number of halogens is 5. The van der Waals surface area contributed by atoms with Gasteiger partial charge in [0, 0.05) is 5.69 Å². The summed E-state index contributed by atoms with van der Waals surface area (Å²) in [6.07, 6.45) is -1.65. The molecular formula is C11H8Cl2F3NO2. The molecule has 19 heavy (non-hydrogen) atoms. The molecule has 0 radical (unpaired) electrons. The second-order valence-corrected chi connectivity index (χ2v) is 4.89. The zero-order chi connectivity index (χ0) is 14.2. The number of hydrogen-bond donors (Lipinski definition) is 1. The fraction of sp³-hybridized carbons (Fsp3) is 0.364. The summed E-state index contributed by atoms with van der Waals surface area (Å²) in [5.41, 5.74) is 0.350. The molecular weight excluding hydrogens is 306 g/mol. The molecule has 1 saturated heterocycles. The number of rotatable bonds is 3. The molecule has 0 bridgehead atoms. The highest BCUT2D eigenvalue weighted by Crippen LogP contribution is 2.32. The van der Waals surface area contributed by atoms with E-state index >= 15 is 0 Å². The van der Waals surface area contributed by atoms with Gasteiger partial charge in [0.1, 0.15) is 6.10 Å². The number of anilines is 1. The molecule has 1 aliphatic heterocycles. The van der Waals surface area contributed by atoms with Crippen molar-refractivity contribution < 1.29 is 22.7 Å². The van der Waals surface area contributed by atoms with E-state index < -0.39 is 30.2 Å². The zero-order valence-electron chi connectivity index (χ0n) is 9.35. The van der Waals surface area contributed by atoms with Crippen LogP contribution in [0.3, 0.4) is 0 Å². The highest BCUT2D eigenvalue weighted by molar-refractivity contribution is 6.35. The lowest BCUT2D eigenvalue weighted by Gasteiger charge is -2.12. The smallest absolute Gasteiger partial charge is 0.377 e. The van der Waals surface area contributed by atoms with Crippen molar-refractivity contribution in [2.45, 2.75) is 18.4 Å². The van der Waals surface area contributed by atoms with Crippen LogP contribution in [-0.4, -0.2) is 24.5 Å². The monoisotopic (exact) mass is 313 g/mol. The van der Waals surface area contributed by atoms with Crippen molar-refractivity contribution in [2.75, 3.05) is 11.9 Å². The normalized spacial score (nSPS) is 21.3. The van der Waals surface area contributed by atoms with Crippen LogP contribution in [0.4, 0.5) is 18.9 Å². The van der Waals surface area contributed by atoms with Gasteiger partial charge in [-0.15, -0.1) is 0 Å². The van der Waals surface area contributed by atoms with Gasteiger partial charge >= 0.3 is 11.9 Å². The molecule has 0 amide bonds. The number of carbonyl (C=O) groups is 1. The molecule has 0 spiro atoms. The Bertz CT molecular complexity index is 502. The summed E-state index contributed by atoms with van der Waals surface area (Å²) in [7, 11) is 0. The van der Waals surface area contributed by atoms with E-state index in [1.807, 2.05) is 0 Å². The van der Waals surface area contributed by atoms with Crippen LogP contribution in [0.1, 0.15) is 6.42 Å². The van der Waals surface area contributed by atoms with Crippen LogP contribution in [0.5, 0.6) is 0 Å². The van der Waals surface area contributed by atoms with E-state index in [1.54, 1.807) is 0 Å². The maximum Gasteiger partial charge on any atom is 0.377 e. The first-order valence-corrected chi connectivity index (χ1v) is 6.02. The van der Waals surface area contributed by atoms with Gasteiger partial charge in [-0.1, -0.05) is 23.2 Å². The number of esters is 1. The number of cyclic esters (lactones) is 1. The molecule has 1 fully saturated rings. The molecule has 2 rings (SSSR count). The maximum absolute atomic E-state index is 13.1. The van der Waals surface area contributed by atoms with Crippen molar-refractivity contribution in [1.29, 1.82) is 0 Å². The van der Waals surface area contributed by atoms with Gasteiger partial charge in [0.15, 0.2) is 5.82 Å². The van der Waals surface area contributed by atoms with Crippen molar-refractivity contribution >= 4 is 34.9 Å². The molecule has 1 atom stereocenters. The molecule has 0 saturated carbocycles. The average molecular weight is 314 g/mol. The number of ether oxygens (including phenoxy) is 1. The van der Waals surface area contributed by atoms with E-state index in [0.717, 1.165) is 0 Å². The lowest BCUT2D eigenvalue weighted by Crippen LogP contribution is -2.22. The second-order valence-electron chi connectivity index (χ2n) is 4.07. The van der Waals surface area contributed by atoms with Gasteiger partial charge in [-0.05, 0) is 12.1 Å². The fourth-order valence-electron chi connectivity index (χ4n) is 1.65. The molecule has 0 aromatic heterocycles. The predicted octanol–water partition coefficient (Wildman–Crippen LogP) is 3.50. The van der Waals surface area contributed by atoms with Gasteiger partial charge in [0.2, 0.25) is 0 Å². The van der Waals surface area contributed by atoms with Gasteiger partial charge in [0.05, 0.1) is 23.0 Å². The quantitative estimate of drug-likeness (QED) is 0.685. The summed E-state index contributed by atoms with van der Waals surface area (Å²) in [4.78, 5) is 10.8. The summed E-state index contributed by atoms with van der Waals surface area (Å²) >= 11 is 11.2. The summed E-state index contributed by atoms with van der Waals surface area (Å²) < 4.78 is 43.4. The van der Waals surface area contributed by atoms with Gasteiger partial charge in [-0.25, -0.2) is 9.18 Å².